The Labute approximate surface area is 175 Å². The Balaban J connectivity index is 1.69. The lowest BCUT2D eigenvalue weighted by Crippen LogP contribution is -2.21. The number of carbonyl (C=O) groups excluding carboxylic acids is 1. The molecule has 2 aliphatic rings. The third-order valence-electron chi connectivity index (χ3n) is 4.88. The van der Waals surface area contributed by atoms with Crippen molar-refractivity contribution in [1.29, 1.82) is 0 Å². The number of carbonyl (C=O) groups is 1. The molecule has 0 fully saturated rings. The number of aromatic nitrogens is 1. The molecule has 1 aliphatic heterocycles. The average Bonchev–Trinajstić information content (AvgIpc) is 2.81. The van der Waals surface area contributed by atoms with E-state index < -0.39 is 4.92 Å². The fourth-order valence-corrected chi connectivity index (χ4v) is 3.40. The summed E-state index contributed by atoms with van der Waals surface area (Å²) in [5, 5.41) is 17.4. The standard InChI is InChI=1S/C23H14N4O4/c28-23(14-6-2-1-3-7-14)26-25-18-13-21-22(17-9-5-4-8-16(17)18)24-19-12-15(27(29)30)10-11-20(19)31-21/h1-13H,(H,26,28). The smallest absolute Gasteiger partial charge is 0.271 e. The van der Waals surface area contributed by atoms with Crippen LogP contribution in [-0.4, -0.2) is 15.8 Å². The van der Waals surface area contributed by atoms with E-state index in [-0.39, 0.29) is 11.6 Å². The lowest BCUT2D eigenvalue weighted by molar-refractivity contribution is -0.384. The Morgan fingerprint density at radius 2 is 1.71 bits per heavy atom. The van der Waals surface area contributed by atoms with E-state index in [9.17, 15) is 14.9 Å². The Morgan fingerprint density at radius 3 is 2.48 bits per heavy atom. The van der Waals surface area contributed by atoms with Crippen LogP contribution in [0.5, 0.6) is 0 Å². The van der Waals surface area contributed by atoms with Crippen molar-refractivity contribution in [3.63, 3.8) is 0 Å². The number of nitrogens with zero attached hydrogens (tertiary/aromatic N) is 3. The lowest BCUT2D eigenvalue weighted by Gasteiger charge is -2.10. The molecule has 0 atom stereocenters. The van der Waals surface area contributed by atoms with Crippen LogP contribution in [0.1, 0.15) is 10.4 Å². The molecular formula is C23H14N4O4. The minimum absolute atomic E-state index is 0.0610. The molecule has 150 valence electrons. The third kappa shape index (κ3) is 3.36. The predicted octanol–water partition coefficient (Wildman–Crippen LogP) is 4.24. The van der Waals surface area contributed by atoms with Gasteiger partial charge in [-0.3, -0.25) is 14.9 Å². The van der Waals surface area contributed by atoms with Crippen molar-refractivity contribution in [1.82, 2.24) is 10.4 Å². The topological polar surface area (TPSA) is 111 Å². The summed E-state index contributed by atoms with van der Waals surface area (Å²) in [6, 6.07) is 22.2. The van der Waals surface area contributed by atoms with Crippen molar-refractivity contribution in [2.45, 2.75) is 0 Å². The highest BCUT2D eigenvalue weighted by Gasteiger charge is 2.17. The monoisotopic (exact) mass is 410 g/mol. The van der Waals surface area contributed by atoms with Crippen molar-refractivity contribution in [2.24, 2.45) is 5.10 Å². The summed E-state index contributed by atoms with van der Waals surface area (Å²) in [7, 11) is 0. The second-order valence-electron chi connectivity index (χ2n) is 6.83. The Bertz CT molecular complexity index is 1510. The van der Waals surface area contributed by atoms with E-state index in [1.165, 1.54) is 18.2 Å². The van der Waals surface area contributed by atoms with Crippen molar-refractivity contribution >= 4 is 33.5 Å². The molecule has 1 amide bonds. The molecule has 1 heterocycles. The molecule has 0 saturated carbocycles. The van der Waals surface area contributed by atoms with Crippen LogP contribution in [0, 0.1) is 10.1 Å². The van der Waals surface area contributed by atoms with E-state index >= 15 is 0 Å². The van der Waals surface area contributed by atoms with E-state index in [1.54, 1.807) is 30.3 Å². The van der Waals surface area contributed by atoms with E-state index in [0.717, 1.165) is 10.8 Å². The highest BCUT2D eigenvalue weighted by atomic mass is 16.6. The van der Waals surface area contributed by atoms with Crippen LogP contribution in [0.4, 0.5) is 5.69 Å². The molecule has 0 saturated heterocycles. The number of nitro groups is 1. The third-order valence-corrected chi connectivity index (χ3v) is 4.88. The second kappa shape index (κ2) is 7.34. The second-order valence-corrected chi connectivity index (χ2v) is 6.83. The van der Waals surface area contributed by atoms with Gasteiger partial charge in [-0.15, -0.1) is 0 Å². The molecule has 0 unspecified atom stereocenters. The summed E-state index contributed by atoms with van der Waals surface area (Å²) in [5.74, 6) is 0.124. The van der Waals surface area contributed by atoms with Crippen molar-refractivity contribution in [3.8, 4) is 11.5 Å². The summed E-state index contributed by atoms with van der Waals surface area (Å²) in [5.41, 5.74) is 4.36. The molecule has 3 aromatic carbocycles. The fraction of sp³-hybridized carbons (Fsp3) is 0. The molecule has 0 bridgehead atoms. The number of amides is 1. The average molecular weight is 410 g/mol. The van der Waals surface area contributed by atoms with Crippen LogP contribution >= 0.6 is 0 Å². The van der Waals surface area contributed by atoms with Crippen LogP contribution in [-0.2, 0) is 0 Å². The fourth-order valence-electron chi connectivity index (χ4n) is 3.40. The molecule has 0 radical (unpaired) electrons. The number of nitrogens with one attached hydrogen (secondary N) is 1. The van der Waals surface area contributed by atoms with Gasteiger partial charge in [-0.2, -0.15) is 5.10 Å². The van der Waals surface area contributed by atoms with Crippen LogP contribution in [0.3, 0.4) is 0 Å². The first-order chi connectivity index (χ1) is 15.1. The lowest BCUT2D eigenvalue weighted by atomic mass is 10.0. The van der Waals surface area contributed by atoms with Crippen LogP contribution in [0.25, 0.3) is 33.3 Å². The van der Waals surface area contributed by atoms with E-state index in [0.29, 0.717) is 33.5 Å². The first-order valence-corrected chi connectivity index (χ1v) is 9.40. The van der Waals surface area contributed by atoms with Gasteiger partial charge in [0.2, 0.25) is 0 Å². The van der Waals surface area contributed by atoms with Crippen molar-refractivity contribution in [3.05, 3.63) is 99.9 Å². The van der Waals surface area contributed by atoms with Crippen LogP contribution in [0.15, 0.2) is 88.4 Å². The van der Waals surface area contributed by atoms with Gasteiger partial charge in [-0.1, -0.05) is 42.5 Å². The summed E-state index contributed by atoms with van der Waals surface area (Å²) in [4.78, 5) is 27.6. The zero-order valence-corrected chi connectivity index (χ0v) is 16.0. The molecule has 8 heteroatoms. The van der Waals surface area contributed by atoms with Crippen LogP contribution in [0.2, 0.25) is 0 Å². The van der Waals surface area contributed by atoms with Gasteiger partial charge >= 0.3 is 0 Å². The Morgan fingerprint density at radius 1 is 0.968 bits per heavy atom. The number of fused-ring (bicyclic) bond motifs is 4. The SMILES string of the molecule is O=C(NN=c1cc2oc3ccc([N+](=O)[O-])cc3nc-2c2ccccc12)c1ccccc1. The van der Waals surface area contributed by atoms with Gasteiger partial charge in [0.1, 0.15) is 11.2 Å². The number of rotatable bonds is 3. The molecule has 5 rings (SSSR count). The van der Waals surface area contributed by atoms with Gasteiger partial charge in [0.25, 0.3) is 11.6 Å². The summed E-state index contributed by atoms with van der Waals surface area (Å²) in [6.45, 7) is 0. The Kier molecular flexibility index (Phi) is 4.37. The summed E-state index contributed by atoms with van der Waals surface area (Å²) < 4.78 is 5.96. The maximum Gasteiger partial charge on any atom is 0.271 e. The number of benzene rings is 4. The molecule has 1 N–H and O–H groups in total. The normalized spacial score (nSPS) is 11.8. The van der Waals surface area contributed by atoms with Crippen LogP contribution < -0.4 is 10.8 Å². The highest BCUT2D eigenvalue weighted by molar-refractivity contribution is 5.97. The molecule has 0 aromatic heterocycles. The highest BCUT2D eigenvalue weighted by Crippen LogP contribution is 2.31. The zero-order chi connectivity index (χ0) is 21.4. The number of nitro benzene ring substituents is 1. The predicted molar refractivity (Wildman–Crippen MR) is 114 cm³/mol. The Hall–Kier alpha value is -4.59. The largest absolute Gasteiger partial charge is 0.453 e. The molecule has 0 spiro atoms. The quantitative estimate of drug-likeness (QED) is 0.207. The maximum atomic E-state index is 12.4. The number of non-ortho nitro benzene ring substituents is 1. The van der Waals surface area contributed by atoms with Gasteiger partial charge in [0.05, 0.1) is 10.3 Å². The zero-order valence-electron chi connectivity index (χ0n) is 16.0. The van der Waals surface area contributed by atoms with Crippen molar-refractivity contribution in [2.75, 3.05) is 0 Å². The minimum atomic E-state index is -0.471. The first-order valence-electron chi connectivity index (χ1n) is 9.40. The van der Waals surface area contributed by atoms with Gasteiger partial charge in [-0.25, -0.2) is 10.4 Å². The van der Waals surface area contributed by atoms with E-state index in [4.69, 9.17) is 4.42 Å². The summed E-state index contributed by atoms with van der Waals surface area (Å²) >= 11 is 0. The summed E-state index contributed by atoms with van der Waals surface area (Å²) in [6.07, 6.45) is 0. The van der Waals surface area contributed by atoms with Crippen molar-refractivity contribution < 1.29 is 14.1 Å². The number of hydrogen-bond acceptors (Lipinski definition) is 6. The molecule has 8 nitrogen and oxygen atoms in total. The maximum absolute atomic E-state index is 12.4. The molecule has 3 aromatic rings. The van der Waals surface area contributed by atoms with Gasteiger partial charge < -0.3 is 4.42 Å². The van der Waals surface area contributed by atoms with Gasteiger partial charge in [0.15, 0.2) is 11.3 Å². The van der Waals surface area contributed by atoms with E-state index in [1.807, 2.05) is 30.3 Å². The first kappa shape index (κ1) is 18.4. The van der Waals surface area contributed by atoms with Gasteiger partial charge in [-0.05, 0) is 18.2 Å². The molecular weight excluding hydrogens is 396 g/mol. The minimum Gasteiger partial charge on any atom is -0.453 e. The van der Waals surface area contributed by atoms with E-state index in [2.05, 4.69) is 15.5 Å². The molecule has 31 heavy (non-hydrogen) atoms. The van der Waals surface area contributed by atoms with Gasteiger partial charge in [0, 0.05) is 34.5 Å². The molecule has 1 aliphatic carbocycles. The number of hydrogen-bond donors (Lipinski definition) is 1.